The normalized spacial score (nSPS) is 11.6. The average Bonchev–Trinajstić information content (AvgIpc) is 2.73. The summed E-state index contributed by atoms with van der Waals surface area (Å²) in [7, 11) is 0. The average molecular weight is 285 g/mol. The minimum Gasteiger partial charge on any atom is -0.398 e. The molecule has 0 spiro atoms. The maximum atomic E-state index is 12.6. The Bertz CT molecular complexity index is 631. The molecular weight excluding hydrogens is 275 g/mol. The van der Waals surface area contributed by atoms with Crippen molar-refractivity contribution in [1.82, 2.24) is 0 Å². The highest BCUT2D eigenvalue weighted by molar-refractivity contribution is 7.12. The van der Waals surface area contributed by atoms with Crippen molar-refractivity contribution in [3.8, 4) is 0 Å². The smallest absolute Gasteiger partial charge is 0.398 e. The molecule has 6 heteroatoms. The van der Waals surface area contributed by atoms with Crippen molar-refractivity contribution in [2.75, 3.05) is 5.73 Å². The summed E-state index contributed by atoms with van der Waals surface area (Å²) in [5.41, 5.74) is 5.40. The Morgan fingerprint density at radius 2 is 1.95 bits per heavy atom. The van der Waals surface area contributed by atoms with E-state index < -0.39 is 17.5 Å². The number of hydrogen-bond donors (Lipinski definition) is 1. The number of hydrogen-bond acceptors (Lipinski definition) is 3. The third-order valence-corrected chi connectivity index (χ3v) is 3.71. The van der Waals surface area contributed by atoms with E-state index in [2.05, 4.69) is 0 Å². The molecule has 0 fully saturated rings. The highest BCUT2D eigenvalue weighted by atomic mass is 32.1. The van der Waals surface area contributed by atoms with Crippen LogP contribution in [0, 0.1) is 6.92 Å². The summed E-state index contributed by atoms with van der Waals surface area (Å²) < 4.78 is 37.9. The van der Waals surface area contributed by atoms with Gasteiger partial charge in [-0.2, -0.15) is 13.2 Å². The summed E-state index contributed by atoms with van der Waals surface area (Å²) in [6, 6.07) is 4.52. The number of nitrogens with two attached hydrogens (primary N) is 1. The Hall–Kier alpha value is -1.82. The van der Waals surface area contributed by atoms with Crippen LogP contribution in [0.5, 0.6) is 0 Å². The molecule has 19 heavy (non-hydrogen) atoms. The summed E-state index contributed by atoms with van der Waals surface area (Å²) in [5, 5.41) is 1.71. The van der Waals surface area contributed by atoms with Crippen LogP contribution in [0.15, 0.2) is 29.6 Å². The zero-order valence-electron chi connectivity index (χ0n) is 9.91. The molecule has 0 saturated carbocycles. The fraction of sp³-hybridized carbons (Fsp3) is 0.154. The van der Waals surface area contributed by atoms with Crippen molar-refractivity contribution in [2.45, 2.75) is 13.1 Å². The van der Waals surface area contributed by atoms with E-state index in [-0.39, 0.29) is 11.3 Å². The number of benzene rings is 1. The number of ketones is 1. The van der Waals surface area contributed by atoms with Crippen LogP contribution in [0.3, 0.4) is 0 Å². The molecule has 2 nitrogen and oxygen atoms in total. The van der Waals surface area contributed by atoms with Crippen molar-refractivity contribution in [1.29, 1.82) is 0 Å². The van der Waals surface area contributed by atoms with Gasteiger partial charge in [-0.25, -0.2) is 0 Å². The Kier molecular flexibility index (Phi) is 3.36. The molecule has 0 aliphatic carbocycles. The minimum atomic E-state index is -4.49. The van der Waals surface area contributed by atoms with E-state index in [1.54, 1.807) is 18.4 Å². The molecular formula is C13H10F3NOS. The highest BCUT2D eigenvalue weighted by Gasteiger charge is 2.31. The minimum absolute atomic E-state index is 0.0470. The van der Waals surface area contributed by atoms with Crippen molar-refractivity contribution in [2.24, 2.45) is 0 Å². The topological polar surface area (TPSA) is 43.1 Å². The van der Waals surface area contributed by atoms with Gasteiger partial charge in [0.2, 0.25) is 5.78 Å². The zero-order valence-corrected chi connectivity index (χ0v) is 10.7. The molecule has 2 aromatic rings. The standard InChI is InChI=1S/C13H10F3NOS/c1-7-4-5-19-12(7)11(18)9-6-8(13(14,15)16)2-3-10(9)17/h2-6H,17H2,1H3. The van der Waals surface area contributed by atoms with Gasteiger partial charge in [-0.1, -0.05) is 0 Å². The number of nitrogen functional groups attached to an aromatic ring is 1. The molecule has 0 unspecified atom stereocenters. The van der Waals surface area contributed by atoms with Gasteiger partial charge in [-0.3, -0.25) is 4.79 Å². The van der Waals surface area contributed by atoms with Crippen molar-refractivity contribution in [3.63, 3.8) is 0 Å². The summed E-state index contributed by atoms with van der Waals surface area (Å²) in [5.74, 6) is -0.476. The van der Waals surface area contributed by atoms with Crippen LogP contribution in [0.1, 0.15) is 26.4 Å². The maximum absolute atomic E-state index is 12.6. The second kappa shape index (κ2) is 4.70. The number of carbonyl (C=O) groups is 1. The molecule has 1 heterocycles. The van der Waals surface area contributed by atoms with Gasteiger partial charge in [0.15, 0.2) is 0 Å². The molecule has 0 bridgehead atoms. The van der Waals surface area contributed by atoms with E-state index in [0.29, 0.717) is 4.88 Å². The van der Waals surface area contributed by atoms with Gasteiger partial charge in [0.05, 0.1) is 10.4 Å². The van der Waals surface area contributed by atoms with Crippen LogP contribution in [-0.2, 0) is 6.18 Å². The summed E-state index contributed by atoms with van der Waals surface area (Å²) in [6.45, 7) is 1.73. The van der Waals surface area contributed by atoms with Gasteiger partial charge < -0.3 is 5.73 Å². The van der Waals surface area contributed by atoms with Gasteiger partial charge in [0.1, 0.15) is 0 Å². The van der Waals surface area contributed by atoms with E-state index in [1.165, 1.54) is 11.3 Å². The Balaban J connectivity index is 2.51. The van der Waals surface area contributed by atoms with Crippen molar-refractivity contribution < 1.29 is 18.0 Å². The van der Waals surface area contributed by atoms with Gasteiger partial charge in [0, 0.05) is 11.3 Å². The van der Waals surface area contributed by atoms with Gasteiger partial charge in [0.25, 0.3) is 0 Å². The molecule has 100 valence electrons. The fourth-order valence-electron chi connectivity index (χ4n) is 1.66. The number of aryl methyl sites for hydroxylation is 1. The van der Waals surface area contributed by atoms with Crippen LogP contribution < -0.4 is 5.73 Å². The summed E-state index contributed by atoms with van der Waals surface area (Å²) in [4.78, 5) is 12.6. The summed E-state index contributed by atoms with van der Waals surface area (Å²) >= 11 is 1.19. The highest BCUT2D eigenvalue weighted by Crippen LogP contribution is 2.32. The predicted octanol–water partition coefficient (Wildman–Crippen LogP) is 3.89. The molecule has 0 amide bonds. The number of rotatable bonds is 2. The third kappa shape index (κ3) is 2.63. The fourth-order valence-corrected chi connectivity index (χ4v) is 2.54. The number of anilines is 1. The van der Waals surface area contributed by atoms with Crippen molar-refractivity contribution in [3.05, 3.63) is 51.2 Å². The molecule has 0 aliphatic heterocycles. The summed E-state index contributed by atoms with van der Waals surface area (Å²) in [6.07, 6.45) is -4.49. The van der Waals surface area contributed by atoms with Gasteiger partial charge in [-0.15, -0.1) is 11.3 Å². The lowest BCUT2D eigenvalue weighted by molar-refractivity contribution is -0.137. The SMILES string of the molecule is Cc1ccsc1C(=O)c1cc(C(F)(F)F)ccc1N. The van der Waals surface area contributed by atoms with E-state index in [9.17, 15) is 18.0 Å². The largest absolute Gasteiger partial charge is 0.416 e. The first-order chi connectivity index (χ1) is 8.80. The lowest BCUT2D eigenvalue weighted by Crippen LogP contribution is -2.10. The second-order valence-electron chi connectivity index (χ2n) is 4.06. The quantitative estimate of drug-likeness (QED) is 0.672. The number of thiophene rings is 1. The molecule has 0 aliphatic rings. The van der Waals surface area contributed by atoms with Crippen LogP contribution in [-0.4, -0.2) is 5.78 Å². The molecule has 2 rings (SSSR count). The predicted molar refractivity (Wildman–Crippen MR) is 68.3 cm³/mol. The maximum Gasteiger partial charge on any atom is 0.416 e. The monoisotopic (exact) mass is 285 g/mol. The van der Waals surface area contributed by atoms with Crippen LogP contribution in [0.4, 0.5) is 18.9 Å². The molecule has 0 radical (unpaired) electrons. The zero-order chi connectivity index (χ0) is 14.2. The van der Waals surface area contributed by atoms with E-state index in [1.807, 2.05) is 0 Å². The van der Waals surface area contributed by atoms with Crippen molar-refractivity contribution >= 4 is 22.8 Å². The number of halogens is 3. The lowest BCUT2D eigenvalue weighted by Gasteiger charge is -2.10. The first kappa shape index (κ1) is 13.6. The second-order valence-corrected chi connectivity index (χ2v) is 4.98. The third-order valence-electron chi connectivity index (χ3n) is 2.69. The van der Waals surface area contributed by atoms with Crippen LogP contribution >= 0.6 is 11.3 Å². The van der Waals surface area contributed by atoms with Crippen LogP contribution in [0.25, 0.3) is 0 Å². The van der Waals surface area contributed by atoms with Gasteiger partial charge in [-0.05, 0) is 42.1 Å². The Morgan fingerprint density at radius 3 is 2.47 bits per heavy atom. The first-order valence-electron chi connectivity index (χ1n) is 5.36. The molecule has 0 saturated heterocycles. The van der Waals surface area contributed by atoms with E-state index >= 15 is 0 Å². The van der Waals surface area contributed by atoms with Crippen LogP contribution in [0.2, 0.25) is 0 Å². The number of carbonyl (C=O) groups excluding carboxylic acids is 1. The molecule has 0 atom stereocenters. The Morgan fingerprint density at radius 1 is 1.26 bits per heavy atom. The van der Waals surface area contributed by atoms with E-state index in [4.69, 9.17) is 5.73 Å². The first-order valence-corrected chi connectivity index (χ1v) is 6.24. The molecule has 1 aromatic heterocycles. The lowest BCUT2D eigenvalue weighted by atomic mass is 10.0. The molecule has 2 N–H and O–H groups in total. The number of alkyl halides is 3. The van der Waals surface area contributed by atoms with Gasteiger partial charge >= 0.3 is 6.18 Å². The molecule has 1 aromatic carbocycles. The Labute approximate surface area is 111 Å². The van der Waals surface area contributed by atoms with E-state index in [0.717, 1.165) is 23.8 Å².